The first-order valence-electron chi connectivity index (χ1n) is 7.13. The molecule has 0 saturated heterocycles. The van der Waals surface area contributed by atoms with E-state index in [1.165, 1.54) is 0 Å². The van der Waals surface area contributed by atoms with Gasteiger partial charge in [-0.3, -0.25) is 0 Å². The zero-order valence-electron chi connectivity index (χ0n) is 13.2. The number of alkyl halides is 1. The third-order valence-electron chi connectivity index (χ3n) is 3.77. The van der Waals surface area contributed by atoms with Crippen molar-refractivity contribution < 1.29 is 4.43 Å². The highest BCUT2D eigenvalue weighted by Gasteiger charge is 2.47. The second kappa shape index (κ2) is 8.81. The maximum atomic E-state index is 8.63. The van der Waals surface area contributed by atoms with Crippen molar-refractivity contribution in [3.05, 3.63) is 11.8 Å². The Bertz CT molecular complexity index is 310. The number of nitrogens with zero attached hydrogens (tertiary/aromatic N) is 1. The van der Waals surface area contributed by atoms with Gasteiger partial charge in [-0.25, -0.2) is 0 Å². The predicted octanol–water partition coefficient (Wildman–Crippen LogP) is 5.76. The molecule has 0 radical (unpaired) electrons. The normalized spacial score (nSPS) is 13.2. The average molecular weight is 346 g/mol. The number of nitriles is 1. The number of allylic oxidation sites excluding steroid dienone is 2. The summed E-state index contributed by atoms with van der Waals surface area (Å²) in [6.45, 7) is 13.7. The Morgan fingerprint density at radius 1 is 1.16 bits per heavy atom. The van der Waals surface area contributed by atoms with E-state index < -0.39 is 8.32 Å². The molecule has 0 saturated carbocycles. The lowest BCUT2D eigenvalue weighted by molar-refractivity contribution is 0.374. The molecule has 0 rings (SSSR count). The molecule has 2 nitrogen and oxygen atoms in total. The van der Waals surface area contributed by atoms with Crippen LogP contribution in [-0.2, 0) is 4.43 Å². The van der Waals surface area contributed by atoms with Gasteiger partial charge >= 0.3 is 0 Å². The van der Waals surface area contributed by atoms with E-state index in [1.54, 1.807) is 0 Å². The van der Waals surface area contributed by atoms with Gasteiger partial charge in [-0.1, -0.05) is 57.5 Å². The number of rotatable bonds is 8. The second-order valence-electron chi connectivity index (χ2n) is 5.92. The van der Waals surface area contributed by atoms with E-state index in [4.69, 9.17) is 9.69 Å². The van der Waals surface area contributed by atoms with Crippen molar-refractivity contribution in [1.82, 2.24) is 0 Å². The van der Waals surface area contributed by atoms with Crippen molar-refractivity contribution in [3.63, 3.8) is 0 Å². The van der Waals surface area contributed by atoms with E-state index in [2.05, 4.69) is 69.6 Å². The van der Waals surface area contributed by atoms with Gasteiger partial charge < -0.3 is 4.43 Å². The number of unbranched alkanes of at least 4 members (excludes halogenated alkanes) is 1. The summed E-state index contributed by atoms with van der Waals surface area (Å²) >= 11 is 3.51. The van der Waals surface area contributed by atoms with Crippen molar-refractivity contribution in [1.29, 1.82) is 5.26 Å². The van der Waals surface area contributed by atoms with Crippen LogP contribution in [0.3, 0.4) is 0 Å². The Morgan fingerprint density at radius 3 is 1.95 bits per heavy atom. The maximum absolute atomic E-state index is 8.63. The van der Waals surface area contributed by atoms with Gasteiger partial charge in [-0.2, -0.15) is 5.26 Å². The van der Waals surface area contributed by atoms with Crippen LogP contribution in [0.5, 0.6) is 0 Å². The first-order valence-corrected chi connectivity index (χ1v) is 10.4. The van der Waals surface area contributed by atoms with Gasteiger partial charge in [0, 0.05) is 6.42 Å². The molecule has 19 heavy (non-hydrogen) atoms. The second-order valence-corrected chi connectivity index (χ2v) is 11.9. The molecule has 0 spiro atoms. The van der Waals surface area contributed by atoms with Crippen molar-refractivity contribution in [2.24, 2.45) is 0 Å². The van der Waals surface area contributed by atoms with Crippen molar-refractivity contribution in [3.8, 4) is 6.07 Å². The van der Waals surface area contributed by atoms with Crippen molar-refractivity contribution in [2.45, 2.75) is 71.0 Å². The van der Waals surface area contributed by atoms with Gasteiger partial charge in [0.05, 0.1) is 17.2 Å². The Kier molecular flexibility index (Phi) is 8.68. The summed E-state index contributed by atoms with van der Waals surface area (Å²) in [5, 5.41) is 9.36. The van der Waals surface area contributed by atoms with E-state index in [0.29, 0.717) is 23.0 Å². The molecule has 0 heterocycles. The van der Waals surface area contributed by atoms with Crippen molar-refractivity contribution >= 4 is 24.2 Å². The van der Waals surface area contributed by atoms with Crippen LogP contribution < -0.4 is 0 Å². The topological polar surface area (TPSA) is 33.0 Å². The number of halogens is 1. The minimum atomic E-state index is -1.85. The minimum absolute atomic E-state index is 0.555. The van der Waals surface area contributed by atoms with Crippen LogP contribution in [0.15, 0.2) is 11.8 Å². The Hall–Kier alpha value is -0.273. The molecule has 0 atom stereocenters. The average Bonchev–Trinajstić information content (AvgIpc) is 2.32. The van der Waals surface area contributed by atoms with Gasteiger partial charge in [0.15, 0.2) is 0 Å². The highest BCUT2D eigenvalue weighted by Crippen LogP contribution is 2.43. The SMILES string of the molecule is CC(C)[Si](OC(=CCCC#N)CBr)(C(C)C)C(C)C. The molecule has 0 amide bonds. The zero-order valence-corrected chi connectivity index (χ0v) is 15.8. The molecule has 0 aromatic heterocycles. The third kappa shape index (κ3) is 4.96. The summed E-state index contributed by atoms with van der Waals surface area (Å²) < 4.78 is 6.56. The predicted molar refractivity (Wildman–Crippen MR) is 88.9 cm³/mol. The van der Waals surface area contributed by atoms with Gasteiger partial charge in [-0.05, 0) is 29.1 Å². The monoisotopic (exact) mass is 345 g/mol. The summed E-state index contributed by atoms with van der Waals surface area (Å²) in [6, 6.07) is 2.17. The van der Waals surface area contributed by atoms with Gasteiger partial charge in [0.25, 0.3) is 8.32 Å². The lowest BCUT2D eigenvalue weighted by Gasteiger charge is -2.42. The lowest BCUT2D eigenvalue weighted by Crippen LogP contribution is -2.47. The highest BCUT2D eigenvalue weighted by molar-refractivity contribution is 9.09. The minimum Gasteiger partial charge on any atom is -0.545 e. The summed E-state index contributed by atoms with van der Waals surface area (Å²) in [6.07, 6.45) is 3.41. The molecule has 110 valence electrons. The summed E-state index contributed by atoms with van der Waals surface area (Å²) in [4.78, 5) is 0. The first-order chi connectivity index (χ1) is 8.82. The van der Waals surface area contributed by atoms with Crippen LogP contribution in [0, 0.1) is 11.3 Å². The molecule has 4 heteroatoms. The summed E-state index contributed by atoms with van der Waals surface area (Å²) in [5.41, 5.74) is 1.72. The van der Waals surface area contributed by atoms with Gasteiger partial charge in [0.1, 0.15) is 0 Å². The summed E-state index contributed by atoms with van der Waals surface area (Å²) in [5.74, 6) is 1.01. The molecule has 0 aliphatic carbocycles. The van der Waals surface area contributed by atoms with Gasteiger partial charge in [0.2, 0.25) is 0 Å². The van der Waals surface area contributed by atoms with Crippen LogP contribution in [0.2, 0.25) is 16.6 Å². The largest absolute Gasteiger partial charge is 0.545 e. The van der Waals surface area contributed by atoms with Crippen LogP contribution in [0.4, 0.5) is 0 Å². The van der Waals surface area contributed by atoms with Gasteiger partial charge in [-0.15, -0.1) is 0 Å². The molecule has 0 aromatic rings. The van der Waals surface area contributed by atoms with E-state index in [-0.39, 0.29) is 0 Å². The molecular formula is C15H28BrNOSi. The molecule has 0 aromatic carbocycles. The standard InChI is InChI=1S/C15H28BrNOSi/c1-12(2)19(13(3)4,14(5)6)18-15(11-16)9-7-8-10-17/h9,12-14H,7-8,11H2,1-6H3. The molecule has 0 fully saturated rings. The maximum Gasteiger partial charge on any atom is 0.258 e. The highest BCUT2D eigenvalue weighted by atomic mass is 79.9. The van der Waals surface area contributed by atoms with E-state index in [0.717, 1.165) is 17.5 Å². The van der Waals surface area contributed by atoms with Crippen molar-refractivity contribution in [2.75, 3.05) is 5.33 Å². The fraction of sp³-hybridized carbons (Fsp3) is 0.800. The lowest BCUT2D eigenvalue weighted by atomic mass is 10.3. The van der Waals surface area contributed by atoms with Crippen LogP contribution in [0.25, 0.3) is 0 Å². The Balaban J connectivity index is 5.19. The van der Waals surface area contributed by atoms with E-state index in [1.807, 2.05) is 0 Å². The fourth-order valence-electron chi connectivity index (χ4n) is 3.00. The first kappa shape index (κ1) is 18.7. The Labute approximate surface area is 128 Å². The molecule has 0 N–H and O–H groups in total. The van der Waals surface area contributed by atoms with E-state index >= 15 is 0 Å². The van der Waals surface area contributed by atoms with Crippen LogP contribution in [0.1, 0.15) is 54.4 Å². The van der Waals surface area contributed by atoms with Crippen LogP contribution in [-0.4, -0.2) is 13.6 Å². The molecule has 0 unspecified atom stereocenters. The molecule has 0 aliphatic rings. The molecular weight excluding hydrogens is 318 g/mol. The molecule has 0 bridgehead atoms. The summed E-state index contributed by atoms with van der Waals surface area (Å²) in [7, 11) is -1.85. The smallest absolute Gasteiger partial charge is 0.258 e. The fourth-order valence-corrected chi connectivity index (χ4v) is 8.87. The number of hydrogen-bond donors (Lipinski definition) is 0. The van der Waals surface area contributed by atoms with E-state index in [9.17, 15) is 0 Å². The number of hydrogen-bond acceptors (Lipinski definition) is 2. The van der Waals surface area contributed by atoms with Crippen LogP contribution >= 0.6 is 15.9 Å². The quantitative estimate of drug-likeness (QED) is 0.242. The molecule has 0 aliphatic heterocycles. The third-order valence-corrected chi connectivity index (χ3v) is 10.4. The Morgan fingerprint density at radius 2 is 1.63 bits per heavy atom. The zero-order chi connectivity index (χ0) is 15.1.